The lowest BCUT2D eigenvalue weighted by molar-refractivity contribution is -0.0847. The molecule has 2 aromatic heterocycles. The topological polar surface area (TPSA) is 120 Å². The lowest BCUT2D eigenvalue weighted by Gasteiger charge is -2.23. The summed E-state index contributed by atoms with van der Waals surface area (Å²) in [4.78, 5) is 4.66. The number of nitrogens with one attached hydrogen (secondary N) is 2. The minimum Gasteiger partial charge on any atom is -0.376 e. The highest BCUT2D eigenvalue weighted by molar-refractivity contribution is 7.89. The predicted molar refractivity (Wildman–Crippen MR) is 76.6 cm³/mol. The summed E-state index contributed by atoms with van der Waals surface area (Å²) in [5, 5.41) is 1.73. The third-order valence-electron chi connectivity index (χ3n) is 3.00. The zero-order valence-corrected chi connectivity index (χ0v) is 12.6. The van der Waals surface area contributed by atoms with Crippen LogP contribution in [0.2, 0.25) is 0 Å². The number of nitrogens with zero attached hydrogens (tertiary/aromatic N) is 2. The second kappa shape index (κ2) is 5.87. The first-order chi connectivity index (χ1) is 10.1. The molecule has 1 aliphatic heterocycles. The zero-order valence-electron chi connectivity index (χ0n) is 11.0. The minimum atomic E-state index is -3.78. The highest BCUT2D eigenvalue weighted by Gasteiger charge is 2.27. The molecule has 11 heteroatoms. The molecule has 0 spiro atoms. The Labute approximate surface area is 125 Å². The van der Waals surface area contributed by atoms with Crippen LogP contribution in [-0.2, 0) is 19.5 Å². The summed E-state index contributed by atoms with van der Waals surface area (Å²) in [6.07, 6.45) is 1.33. The SMILES string of the molecule is NNc1nc2sccn2c1S(=O)(=O)NCC1COCCO1. The van der Waals surface area contributed by atoms with Gasteiger partial charge in [-0.15, -0.1) is 11.3 Å². The van der Waals surface area contributed by atoms with Crippen LogP contribution < -0.4 is 16.0 Å². The minimum absolute atomic E-state index is 0.0158. The predicted octanol–water partition coefficient (Wildman–Crippen LogP) is -0.625. The van der Waals surface area contributed by atoms with E-state index in [1.165, 1.54) is 15.7 Å². The average Bonchev–Trinajstić information content (AvgIpc) is 3.06. The lowest BCUT2D eigenvalue weighted by Crippen LogP contribution is -2.40. The van der Waals surface area contributed by atoms with Crippen molar-refractivity contribution in [2.75, 3.05) is 31.8 Å². The molecule has 4 N–H and O–H groups in total. The molecule has 0 bridgehead atoms. The molecular formula is C10H15N5O4S2. The molecule has 0 aromatic carbocycles. The van der Waals surface area contributed by atoms with E-state index in [2.05, 4.69) is 15.1 Å². The summed E-state index contributed by atoms with van der Waals surface area (Å²) in [6, 6.07) is 0. The molecule has 0 radical (unpaired) electrons. The van der Waals surface area contributed by atoms with Gasteiger partial charge >= 0.3 is 0 Å². The van der Waals surface area contributed by atoms with E-state index in [9.17, 15) is 8.42 Å². The number of thiazole rings is 1. The second-order valence-electron chi connectivity index (χ2n) is 4.39. The highest BCUT2D eigenvalue weighted by Crippen LogP contribution is 2.24. The van der Waals surface area contributed by atoms with Crippen LogP contribution in [0.25, 0.3) is 4.96 Å². The number of hydrazine groups is 1. The van der Waals surface area contributed by atoms with Gasteiger partial charge < -0.3 is 14.9 Å². The third-order valence-corrected chi connectivity index (χ3v) is 5.20. The molecule has 1 saturated heterocycles. The number of rotatable bonds is 5. The van der Waals surface area contributed by atoms with Crippen molar-refractivity contribution in [1.82, 2.24) is 14.1 Å². The van der Waals surface area contributed by atoms with Gasteiger partial charge in [0.2, 0.25) is 5.03 Å². The highest BCUT2D eigenvalue weighted by atomic mass is 32.2. The molecule has 1 atom stereocenters. The van der Waals surface area contributed by atoms with Gasteiger partial charge in [-0.25, -0.2) is 19.0 Å². The van der Waals surface area contributed by atoms with E-state index >= 15 is 0 Å². The van der Waals surface area contributed by atoms with Gasteiger partial charge in [0.25, 0.3) is 10.0 Å². The van der Waals surface area contributed by atoms with Crippen LogP contribution in [0.4, 0.5) is 5.82 Å². The summed E-state index contributed by atoms with van der Waals surface area (Å²) in [5.41, 5.74) is 2.31. The van der Waals surface area contributed by atoms with E-state index in [0.717, 1.165) is 0 Å². The van der Waals surface area contributed by atoms with Crippen molar-refractivity contribution < 1.29 is 17.9 Å². The third kappa shape index (κ3) is 2.88. The van der Waals surface area contributed by atoms with Crippen molar-refractivity contribution >= 4 is 32.1 Å². The lowest BCUT2D eigenvalue weighted by atomic mass is 10.3. The standard InChI is InChI=1S/C10H15N5O4S2/c11-14-8-9(15-1-4-20-10(15)13-8)21(16,17)12-5-7-6-18-2-3-19-7/h1,4,7,12,14H,2-3,5-6,11H2. The van der Waals surface area contributed by atoms with Crippen LogP contribution in [-0.4, -0.2) is 50.3 Å². The fourth-order valence-corrected chi connectivity index (χ4v) is 4.12. The normalized spacial score (nSPS) is 20.0. The molecular weight excluding hydrogens is 318 g/mol. The van der Waals surface area contributed by atoms with Crippen molar-refractivity contribution in [3.63, 3.8) is 0 Å². The van der Waals surface area contributed by atoms with Crippen molar-refractivity contribution in [1.29, 1.82) is 0 Å². The molecule has 3 heterocycles. The number of ether oxygens (including phenoxy) is 2. The van der Waals surface area contributed by atoms with Gasteiger partial charge in [-0.05, 0) is 0 Å². The zero-order chi connectivity index (χ0) is 14.9. The number of anilines is 1. The summed E-state index contributed by atoms with van der Waals surface area (Å²) >= 11 is 1.32. The summed E-state index contributed by atoms with van der Waals surface area (Å²) < 4.78 is 39.6. The van der Waals surface area contributed by atoms with E-state index in [0.29, 0.717) is 24.8 Å². The van der Waals surface area contributed by atoms with Gasteiger partial charge in [0, 0.05) is 18.1 Å². The average molecular weight is 333 g/mol. The maximum Gasteiger partial charge on any atom is 0.260 e. The van der Waals surface area contributed by atoms with Crippen LogP contribution >= 0.6 is 11.3 Å². The number of fused-ring (bicyclic) bond motifs is 1. The fraction of sp³-hybridized carbons (Fsp3) is 0.500. The molecule has 1 aliphatic rings. The van der Waals surface area contributed by atoms with Crippen molar-refractivity contribution in [3.05, 3.63) is 11.6 Å². The number of sulfonamides is 1. The smallest absolute Gasteiger partial charge is 0.260 e. The first-order valence-electron chi connectivity index (χ1n) is 6.23. The Hall–Kier alpha value is -1.24. The first-order valence-corrected chi connectivity index (χ1v) is 8.59. The Bertz CT molecular complexity index is 719. The molecule has 0 amide bonds. The summed E-state index contributed by atoms with van der Waals surface area (Å²) in [5.74, 6) is 5.46. The molecule has 0 saturated carbocycles. The van der Waals surface area contributed by atoms with E-state index in [-0.39, 0.29) is 23.5 Å². The molecule has 1 fully saturated rings. The van der Waals surface area contributed by atoms with Crippen molar-refractivity contribution in [3.8, 4) is 0 Å². The maximum absolute atomic E-state index is 12.5. The molecule has 2 aromatic rings. The number of nitrogens with two attached hydrogens (primary N) is 1. The fourth-order valence-electron chi connectivity index (χ4n) is 2.04. The molecule has 116 valence electrons. The van der Waals surface area contributed by atoms with Gasteiger partial charge in [0.1, 0.15) is 0 Å². The summed E-state index contributed by atoms with van der Waals surface area (Å²) in [7, 11) is -3.78. The Balaban J connectivity index is 1.83. The van der Waals surface area contributed by atoms with Crippen LogP contribution in [0.3, 0.4) is 0 Å². The Morgan fingerprint density at radius 2 is 2.38 bits per heavy atom. The summed E-state index contributed by atoms with van der Waals surface area (Å²) in [6.45, 7) is 1.49. The Kier molecular flexibility index (Phi) is 4.10. The Morgan fingerprint density at radius 3 is 3.10 bits per heavy atom. The van der Waals surface area contributed by atoms with Gasteiger partial charge in [-0.3, -0.25) is 4.40 Å². The second-order valence-corrected chi connectivity index (χ2v) is 6.94. The Morgan fingerprint density at radius 1 is 1.52 bits per heavy atom. The van der Waals surface area contributed by atoms with Crippen LogP contribution in [0.15, 0.2) is 16.6 Å². The maximum atomic E-state index is 12.5. The largest absolute Gasteiger partial charge is 0.376 e. The van der Waals surface area contributed by atoms with E-state index in [1.54, 1.807) is 11.6 Å². The molecule has 9 nitrogen and oxygen atoms in total. The number of nitrogen functional groups attached to an aromatic ring is 1. The number of aromatic nitrogens is 2. The van der Waals surface area contributed by atoms with Gasteiger partial charge in [0.15, 0.2) is 10.8 Å². The molecule has 0 aliphatic carbocycles. The van der Waals surface area contributed by atoms with Crippen molar-refractivity contribution in [2.24, 2.45) is 5.84 Å². The van der Waals surface area contributed by atoms with Gasteiger partial charge in [-0.1, -0.05) is 0 Å². The number of imidazole rings is 1. The quantitative estimate of drug-likeness (QED) is 0.492. The van der Waals surface area contributed by atoms with Crippen LogP contribution in [0.1, 0.15) is 0 Å². The van der Waals surface area contributed by atoms with Gasteiger partial charge in [-0.2, -0.15) is 4.98 Å². The van der Waals surface area contributed by atoms with Gasteiger partial charge in [0.05, 0.1) is 25.9 Å². The molecule has 1 unspecified atom stereocenters. The van der Waals surface area contributed by atoms with Crippen LogP contribution in [0.5, 0.6) is 0 Å². The molecule has 3 rings (SSSR count). The first kappa shape index (κ1) is 14.7. The van der Waals surface area contributed by atoms with E-state index < -0.39 is 10.0 Å². The monoisotopic (exact) mass is 333 g/mol. The van der Waals surface area contributed by atoms with Crippen LogP contribution in [0, 0.1) is 0 Å². The van der Waals surface area contributed by atoms with E-state index in [4.69, 9.17) is 15.3 Å². The van der Waals surface area contributed by atoms with Crippen molar-refractivity contribution in [2.45, 2.75) is 11.1 Å². The number of hydrogen-bond donors (Lipinski definition) is 3. The number of hydrogen-bond acceptors (Lipinski definition) is 8. The van der Waals surface area contributed by atoms with E-state index in [1.807, 2.05) is 0 Å². The molecule has 21 heavy (non-hydrogen) atoms.